The zero-order valence-electron chi connectivity index (χ0n) is 6.49. The zero-order valence-corrected chi connectivity index (χ0v) is 6.49. The van der Waals surface area contributed by atoms with Crippen LogP contribution >= 0.6 is 0 Å². The van der Waals surface area contributed by atoms with Crippen LogP contribution in [0.4, 0.5) is 0 Å². The van der Waals surface area contributed by atoms with Gasteiger partial charge in [-0.15, -0.1) is 0 Å². The SMILES string of the molecule is CC(O)C1=CC=C(O)C=CC1. The fraction of sp³-hybridized carbons (Fsp3) is 0.333. The second-order valence-electron chi connectivity index (χ2n) is 2.62. The summed E-state index contributed by atoms with van der Waals surface area (Å²) in [5.74, 6) is 0.237. The molecule has 2 heteroatoms. The van der Waals surface area contributed by atoms with Crippen LogP contribution in [0.5, 0.6) is 0 Å². The molecular formula is C9H12O2. The minimum absolute atomic E-state index is 0.237. The molecule has 0 heterocycles. The molecule has 0 saturated carbocycles. The zero-order chi connectivity index (χ0) is 8.27. The molecule has 0 amide bonds. The minimum Gasteiger partial charge on any atom is -0.508 e. The van der Waals surface area contributed by atoms with Crippen LogP contribution in [0, 0.1) is 0 Å². The molecule has 0 aromatic rings. The summed E-state index contributed by atoms with van der Waals surface area (Å²) in [5, 5.41) is 18.2. The van der Waals surface area contributed by atoms with Gasteiger partial charge < -0.3 is 10.2 Å². The molecule has 0 radical (unpaired) electrons. The lowest BCUT2D eigenvalue weighted by Gasteiger charge is -2.04. The summed E-state index contributed by atoms with van der Waals surface area (Å²) in [7, 11) is 0. The molecule has 0 bridgehead atoms. The summed E-state index contributed by atoms with van der Waals surface area (Å²) in [6, 6.07) is 0. The average molecular weight is 152 g/mol. The van der Waals surface area contributed by atoms with E-state index in [2.05, 4.69) is 0 Å². The Kier molecular flexibility index (Phi) is 2.49. The highest BCUT2D eigenvalue weighted by molar-refractivity contribution is 5.28. The van der Waals surface area contributed by atoms with Crippen molar-refractivity contribution in [3.63, 3.8) is 0 Å². The first-order chi connectivity index (χ1) is 5.20. The number of allylic oxidation sites excluding steroid dienone is 4. The van der Waals surface area contributed by atoms with E-state index in [1.807, 2.05) is 6.08 Å². The molecule has 60 valence electrons. The quantitative estimate of drug-likeness (QED) is 0.600. The second-order valence-corrected chi connectivity index (χ2v) is 2.62. The maximum Gasteiger partial charge on any atom is 0.115 e. The van der Waals surface area contributed by atoms with Crippen LogP contribution in [0.1, 0.15) is 13.3 Å². The van der Waals surface area contributed by atoms with Gasteiger partial charge in [0.05, 0.1) is 6.10 Å². The van der Waals surface area contributed by atoms with Gasteiger partial charge in [-0.05, 0) is 31.1 Å². The van der Waals surface area contributed by atoms with Crippen molar-refractivity contribution in [2.45, 2.75) is 19.4 Å². The Balaban J connectivity index is 2.78. The van der Waals surface area contributed by atoms with Crippen molar-refractivity contribution >= 4 is 0 Å². The van der Waals surface area contributed by atoms with E-state index < -0.39 is 6.10 Å². The predicted octanol–water partition coefficient (Wildman–Crippen LogP) is 1.70. The molecule has 0 fully saturated rings. The summed E-state index contributed by atoms with van der Waals surface area (Å²) in [6.07, 6.45) is 7.08. The third-order valence-electron chi connectivity index (χ3n) is 1.65. The van der Waals surface area contributed by atoms with E-state index in [1.54, 1.807) is 25.2 Å². The van der Waals surface area contributed by atoms with Crippen molar-refractivity contribution in [1.82, 2.24) is 0 Å². The molecule has 0 saturated heterocycles. The molecule has 2 N–H and O–H groups in total. The maximum absolute atomic E-state index is 9.18. The minimum atomic E-state index is -0.429. The Bertz CT molecular complexity index is 222. The molecule has 1 rings (SSSR count). The Hall–Kier alpha value is -1.02. The van der Waals surface area contributed by atoms with Gasteiger partial charge in [-0.2, -0.15) is 0 Å². The van der Waals surface area contributed by atoms with Crippen LogP contribution < -0.4 is 0 Å². The van der Waals surface area contributed by atoms with Crippen molar-refractivity contribution in [2.24, 2.45) is 0 Å². The van der Waals surface area contributed by atoms with Gasteiger partial charge in [-0.3, -0.25) is 0 Å². The molecule has 1 aliphatic rings. The topological polar surface area (TPSA) is 40.5 Å². The summed E-state index contributed by atoms with van der Waals surface area (Å²) in [4.78, 5) is 0. The fourth-order valence-corrected chi connectivity index (χ4v) is 0.942. The number of hydrogen-bond donors (Lipinski definition) is 2. The molecule has 2 nitrogen and oxygen atoms in total. The Morgan fingerprint density at radius 1 is 1.45 bits per heavy atom. The van der Waals surface area contributed by atoms with E-state index >= 15 is 0 Å². The van der Waals surface area contributed by atoms with Gasteiger partial charge in [0, 0.05) is 0 Å². The highest BCUT2D eigenvalue weighted by Gasteiger charge is 2.03. The van der Waals surface area contributed by atoms with Crippen molar-refractivity contribution in [2.75, 3.05) is 0 Å². The van der Waals surface area contributed by atoms with Crippen LogP contribution in [0.15, 0.2) is 35.6 Å². The molecular weight excluding hydrogens is 140 g/mol. The number of rotatable bonds is 1. The van der Waals surface area contributed by atoms with Crippen LogP contribution in [0.25, 0.3) is 0 Å². The number of aliphatic hydroxyl groups excluding tert-OH is 2. The summed E-state index contributed by atoms with van der Waals surface area (Å²) >= 11 is 0. The van der Waals surface area contributed by atoms with Crippen molar-refractivity contribution < 1.29 is 10.2 Å². The predicted molar refractivity (Wildman–Crippen MR) is 44.2 cm³/mol. The van der Waals surface area contributed by atoms with E-state index in [0.717, 1.165) is 5.57 Å². The van der Waals surface area contributed by atoms with Gasteiger partial charge in [0.1, 0.15) is 5.76 Å². The van der Waals surface area contributed by atoms with Crippen molar-refractivity contribution in [1.29, 1.82) is 0 Å². The van der Waals surface area contributed by atoms with Gasteiger partial charge in [0.2, 0.25) is 0 Å². The first-order valence-corrected chi connectivity index (χ1v) is 3.64. The molecule has 0 aromatic carbocycles. The molecule has 0 aliphatic heterocycles. The lowest BCUT2D eigenvalue weighted by Crippen LogP contribution is -2.02. The summed E-state index contributed by atoms with van der Waals surface area (Å²) < 4.78 is 0. The Morgan fingerprint density at radius 2 is 2.18 bits per heavy atom. The van der Waals surface area contributed by atoms with E-state index in [0.29, 0.717) is 6.42 Å². The number of hydrogen-bond acceptors (Lipinski definition) is 2. The standard InChI is InChI=1S/C9H12O2/c1-7(10)8-3-2-4-9(11)6-5-8/h2,4-7,10-11H,3H2,1H3. The van der Waals surface area contributed by atoms with E-state index in [1.165, 1.54) is 0 Å². The molecule has 1 atom stereocenters. The first kappa shape index (κ1) is 8.08. The van der Waals surface area contributed by atoms with Gasteiger partial charge in [0.25, 0.3) is 0 Å². The van der Waals surface area contributed by atoms with Crippen molar-refractivity contribution in [3.8, 4) is 0 Å². The van der Waals surface area contributed by atoms with Gasteiger partial charge in [0.15, 0.2) is 0 Å². The lowest BCUT2D eigenvalue weighted by atomic mass is 10.1. The van der Waals surface area contributed by atoms with Crippen molar-refractivity contribution in [3.05, 3.63) is 35.6 Å². The molecule has 0 aromatic heterocycles. The Morgan fingerprint density at radius 3 is 2.82 bits per heavy atom. The van der Waals surface area contributed by atoms with Crippen LogP contribution in [-0.4, -0.2) is 16.3 Å². The highest BCUT2D eigenvalue weighted by Crippen LogP contribution is 2.12. The van der Waals surface area contributed by atoms with Crippen LogP contribution in [0.3, 0.4) is 0 Å². The van der Waals surface area contributed by atoms with Gasteiger partial charge in [-0.1, -0.05) is 12.2 Å². The fourth-order valence-electron chi connectivity index (χ4n) is 0.942. The van der Waals surface area contributed by atoms with Gasteiger partial charge in [-0.25, -0.2) is 0 Å². The Labute approximate surface area is 66.2 Å². The van der Waals surface area contributed by atoms with Crippen LogP contribution in [-0.2, 0) is 0 Å². The average Bonchev–Trinajstić information content (AvgIpc) is 2.13. The molecule has 11 heavy (non-hydrogen) atoms. The first-order valence-electron chi connectivity index (χ1n) is 3.64. The summed E-state index contributed by atoms with van der Waals surface area (Å²) in [6.45, 7) is 1.72. The highest BCUT2D eigenvalue weighted by atomic mass is 16.3. The maximum atomic E-state index is 9.18. The third kappa shape index (κ3) is 2.24. The smallest absolute Gasteiger partial charge is 0.115 e. The normalized spacial score (nSPS) is 20.2. The molecule has 1 unspecified atom stereocenters. The van der Waals surface area contributed by atoms with Crippen LogP contribution in [0.2, 0.25) is 0 Å². The number of aliphatic hydroxyl groups is 2. The van der Waals surface area contributed by atoms with Gasteiger partial charge >= 0.3 is 0 Å². The second kappa shape index (κ2) is 3.39. The van der Waals surface area contributed by atoms with E-state index in [-0.39, 0.29) is 5.76 Å². The monoisotopic (exact) mass is 152 g/mol. The molecule has 1 aliphatic carbocycles. The third-order valence-corrected chi connectivity index (χ3v) is 1.65. The molecule has 0 spiro atoms. The van der Waals surface area contributed by atoms with E-state index in [4.69, 9.17) is 5.11 Å². The van der Waals surface area contributed by atoms with E-state index in [9.17, 15) is 5.11 Å². The lowest BCUT2D eigenvalue weighted by molar-refractivity contribution is 0.229. The summed E-state index contributed by atoms with van der Waals surface area (Å²) in [5.41, 5.74) is 0.922. The largest absolute Gasteiger partial charge is 0.508 e.